The van der Waals surface area contributed by atoms with Crippen molar-refractivity contribution < 1.29 is 8.78 Å². The number of benzene rings is 2. The molecule has 2 aromatic carbocycles. The Labute approximate surface area is 125 Å². The van der Waals surface area contributed by atoms with Gasteiger partial charge in [-0.3, -0.25) is 0 Å². The maximum Gasteiger partial charge on any atom is 0.159 e. The maximum atomic E-state index is 13.2. The predicted molar refractivity (Wildman–Crippen MR) is 78.4 cm³/mol. The van der Waals surface area contributed by atoms with Gasteiger partial charge in [0.25, 0.3) is 0 Å². The van der Waals surface area contributed by atoms with Crippen LogP contribution >= 0.6 is 15.9 Å². The summed E-state index contributed by atoms with van der Waals surface area (Å²) >= 11 is 3.48. The van der Waals surface area contributed by atoms with Crippen LogP contribution in [0, 0.1) is 11.6 Å². The van der Waals surface area contributed by atoms with Gasteiger partial charge in [-0.1, -0.05) is 28.1 Å². The van der Waals surface area contributed by atoms with E-state index in [0.717, 1.165) is 22.9 Å². The summed E-state index contributed by atoms with van der Waals surface area (Å²) < 4.78 is 27.1. The van der Waals surface area contributed by atoms with Gasteiger partial charge in [0, 0.05) is 17.1 Å². The second kappa shape index (κ2) is 5.62. The van der Waals surface area contributed by atoms with Gasteiger partial charge >= 0.3 is 0 Å². The first-order valence-corrected chi connectivity index (χ1v) is 7.38. The zero-order chi connectivity index (χ0) is 14.1. The number of fused-ring (bicyclic) bond motifs is 1. The lowest BCUT2D eigenvalue weighted by molar-refractivity contribution is 0.500. The highest BCUT2D eigenvalue weighted by molar-refractivity contribution is 9.10. The van der Waals surface area contributed by atoms with Crippen LogP contribution in [0.2, 0.25) is 0 Å². The van der Waals surface area contributed by atoms with E-state index in [2.05, 4.69) is 33.4 Å². The van der Waals surface area contributed by atoms with Crippen molar-refractivity contribution in [3.63, 3.8) is 0 Å². The van der Waals surface area contributed by atoms with E-state index in [1.54, 1.807) is 6.07 Å². The molecular weight excluding hydrogens is 324 g/mol. The van der Waals surface area contributed by atoms with E-state index >= 15 is 0 Å². The zero-order valence-electron chi connectivity index (χ0n) is 10.8. The molecule has 0 fully saturated rings. The molecule has 0 aliphatic heterocycles. The van der Waals surface area contributed by atoms with Gasteiger partial charge in [-0.15, -0.1) is 0 Å². The van der Waals surface area contributed by atoms with Crippen LogP contribution in [0.3, 0.4) is 0 Å². The third kappa shape index (κ3) is 2.76. The average Bonchev–Trinajstić information content (AvgIpc) is 2.82. The topological polar surface area (TPSA) is 12.0 Å². The zero-order valence-corrected chi connectivity index (χ0v) is 12.4. The quantitative estimate of drug-likeness (QED) is 0.869. The van der Waals surface area contributed by atoms with Crippen molar-refractivity contribution in [3.05, 3.63) is 69.2 Å². The molecule has 1 nitrogen and oxygen atoms in total. The SMILES string of the molecule is Fc1ccc(CNC2CCc3cc(Br)ccc32)cc1F. The van der Waals surface area contributed by atoms with Crippen LogP contribution in [0.5, 0.6) is 0 Å². The lowest BCUT2D eigenvalue weighted by Crippen LogP contribution is -2.18. The lowest BCUT2D eigenvalue weighted by atomic mass is 10.1. The average molecular weight is 338 g/mol. The molecule has 3 rings (SSSR count). The van der Waals surface area contributed by atoms with Crippen LogP contribution in [-0.2, 0) is 13.0 Å². The molecule has 2 aromatic rings. The van der Waals surface area contributed by atoms with Crippen molar-refractivity contribution in [2.75, 3.05) is 0 Å². The van der Waals surface area contributed by atoms with Gasteiger partial charge in [-0.25, -0.2) is 8.78 Å². The molecule has 104 valence electrons. The second-order valence-corrected chi connectivity index (χ2v) is 5.98. The molecule has 0 amide bonds. The highest BCUT2D eigenvalue weighted by Gasteiger charge is 2.21. The van der Waals surface area contributed by atoms with Gasteiger partial charge in [-0.05, 0) is 53.8 Å². The van der Waals surface area contributed by atoms with Gasteiger partial charge in [0.1, 0.15) is 0 Å². The standard InChI is InChI=1S/C16H14BrF2N/c17-12-3-4-13-11(8-12)2-6-16(13)20-9-10-1-5-14(18)15(19)7-10/h1,3-5,7-8,16,20H,2,6,9H2. The van der Waals surface area contributed by atoms with Crippen LogP contribution in [0.1, 0.15) is 29.2 Å². The van der Waals surface area contributed by atoms with Gasteiger partial charge in [0.2, 0.25) is 0 Å². The normalized spacial score (nSPS) is 17.2. The third-order valence-corrected chi connectivity index (χ3v) is 4.21. The molecule has 4 heteroatoms. The summed E-state index contributed by atoms with van der Waals surface area (Å²) in [5.41, 5.74) is 3.41. The predicted octanol–water partition coefficient (Wildman–Crippen LogP) is 4.50. The minimum absolute atomic E-state index is 0.284. The Hall–Kier alpha value is -1.26. The second-order valence-electron chi connectivity index (χ2n) is 5.06. The van der Waals surface area contributed by atoms with Crippen molar-refractivity contribution >= 4 is 15.9 Å². The first-order chi connectivity index (χ1) is 9.63. The summed E-state index contributed by atoms with van der Waals surface area (Å²) in [4.78, 5) is 0. The van der Waals surface area contributed by atoms with Crippen molar-refractivity contribution in [1.29, 1.82) is 0 Å². The molecule has 1 unspecified atom stereocenters. The minimum Gasteiger partial charge on any atom is -0.306 e. The molecule has 1 N–H and O–H groups in total. The summed E-state index contributed by atoms with van der Waals surface area (Å²) in [6.45, 7) is 0.539. The summed E-state index contributed by atoms with van der Waals surface area (Å²) in [7, 11) is 0. The fraction of sp³-hybridized carbons (Fsp3) is 0.250. The van der Waals surface area contributed by atoms with Crippen molar-refractivity contribution in [2.45, 2.75) is 25.4 Å². The number of hydrogen-bond acceptors (Lipinski definition) is 1. The highest BCUT2D eigenvalue weighted by Crippen LogP contribution is 2.33. The van der Waals surface area contributed by atoms with Gasteiger partial charge < -0.3 is 5.32 Å². The van der Waals surface area contributed by atoms with Crippen molar-refractivity contribution in [2.24, 2.45) is 0 Å². The summed E-state index contributed by atoms with van der Waals surface area (Å²) in [5, 5.41) is 3.42. The monoisotopic (exact) mass is 337 g/mol. The van der Waals surface area contributed by atoms with E-state index in [1.807, 2.05) is 6.07 Å². The van der Waals surface area contributed by atoms with Crippen LogP contribution in [-0.4, -0.2) is 0 Å². The van der Waals surface area contributed by atoms with Crippen molar-refractivity contribution in [3.8, 4) is 0 Å². The fourth-order valence-corrected chi connectivity index (χ4v) is 3.10. The van der Waals surface area contributed by atoms with E-state index < -0.39 is 11.6 Å². The molecule has 0 radical (unpaired) electrons. The Bertz CT molecular complexity index is 642. The molecule has 0 saturated heterocycles. The Morgan fingerprint density at radius 1 is 1.10 bits per heavy atom. The smallest absolute Gasteiger partial charge is 0.159 e. The largest absolute Gasteiger partial charge is 0.306 e. The van der Waals surface area contributed by atoms with E-state index in [0.29, 0.717) is 6.54 Å². The number of nitrogens with one attached hydrogen (secondary N) is 1. The Kier molecular flexibility index (Phi) is 3.85. The van der Waals surface area contributed by atoms with Crippen molar-refractivity contribution in [1.82, 2.24) is 5.32 Å². The lowest BCUT2D eigenvalue weighted by Gasteiger charge is -2.14. The number of aryl methyl sites for hydroxylation is 1. The summed E-state index contributed by atoms with van der Waals surface area (Å²) in [5.74, 6) is -1.59. The maximum absolute atomic E-state index is 13.2. The molecule has 0 saturated carbocycles. The first kappa shape index (κ1) is 13.7. The van der Waals surface area contributed by atoms with E-state index in [4.69, 9.17) is 0 Å². The Morgan fingerprint density at radius 2 is 1.95 bits per heavy atom. The molecule has 0 spiro atoms. The molecule has 0 heterocycles. The third-order valence-electron chi connectivity index (χ3n) is 3.72. The molecule has 0 aromatic heterocycles. The summed E-state index contributed by atoms with van der Waals surface area (Å²) in [6.07, 6.45) is 2.08. The van der Waals surface area contributed by atoms with Crippen LogP contribution in [0.15, 0.2) is 40.9 Å². The van der Waals surface area contributed by atoms with Gasteiger partial charge in [0.05, 0.1) is 0 Å². The summed E-state index contributed by atoms with van der Waals surface area (Å²) in [6, 6.07) is 10.6. The van der Waals surface area contributed by atoms with Crippen LogP contribution in [0.25, 0.3) is 0 Å². The van der Waals surface area contributed by atoms with E-state index in [9.17, 15) is 8.78 Å². The van der Waals surface area contributed by atoms with E-state index in [1.165, 1.54) is 23.3 Å². The Morgan fingerprint density at radius 3 is 2.75 bits per heavy atom. The Balaban J connectivity index is 1.70. The molecule has 1 atom stereocenters. The highest BCUT2D eigenvalue weighted by atomic mass is 79.9. The number of hydrogen-bond donors (Lipinski definition) is 1. The first-order valence-electron chi connectivity index (χ1n) is 6.59. The van der Waals surface area contributed by atoms with E-state index in [-0.39, 0.29) is 6.04 Å². The van der Waals surface area contributed by atoms with Crippen LogP contribution < -0.4 is 5.32 Å². The van der Waals surface area contributed by atoms with Crippen LogP contribution in [0.4, 0.5) is 8.78 Å². The molecule has 1 aliphatic rings. The van der Waals surface area contributed by atoms with Gasteiger partial charge in [0.15, 0.2) is 11.6 Å². The minimum atomic E-state index is -0.801. The molecule has 1 aliphatic carbocycles. The van der Waals surface area contributed by atoms with Gasteiger partial charge in [-0.2, -0.15) is 0 Å². The molecule has 20 heavy (non-hydrogen) atoms. The number of rotatable bonds is 3. The molecular formula is C16H14BrF2N. The fourth-order valence-electron chi connectivity index (χ4n) is 2.69. The number of halogens is 3. The molecule has 0 bridgehead atoms.